The molecule has 0 radical (unpaired) electrons. The fourth-order valence-corrected chi connectivity index (χ4v) is 3.61. The summed E-state index contributed by atoms with van der Waals surface area (Å²) >= 11 is 0. The van der Waals surface area contributed by atoms with Gasteiger partial charge in [0, 0.05) is 4.92 Å². The van der Waals surface area contributed by atoms with Gasteiger partial charge in [-0.05, 0) is 35.8 Å². The van der Waals surface area contributed by atoms with Gasteiger partial charge in [-0.1, -0.05) is 103 Å². The third kappa shape index (κ3) is 6.94. The van der Waals surface area contributed by atoms with Gasteiger partial charge in [0.05, 0.1) is 11.8 Å². The van der Waals surface area contributed by atoms with Crippen LogP contribution in [-0.2, 0) is 9.59 Å². The Bertz CT molecular complexity index is 1090. The fraction of sp³-hybridized carbons (Fsp3) is 0.143. The van der Waals surface area contributed by atoms with E-state index in [2.05, 4.69) is 0 Å². The number of benzene rings is 3. The van der Waals surface area contributed by atoms with Gasteiger partial charge in [0.2, 0.25) is 6.54 Å². The summed E-state index contributed by atoms with van der Waals surface area (Å²) in [6.45, 7) is 1.38. The Morgan fingerprint density at radius 3 is 1.67 bits per heavy atom. The minimum atomic E-state index is -1.21. The van der Waals surface area contributed by atoms with E-state index in [0.29, 0.717) is 5.56 Å². The van der Waals surface area contributed by atoms with Crippen LogP contribution >= 0.6 is 0 Å². The third-order valence-corrected chi connectivity index (χ3v) is 5.35. The summed E-state index contributed by atoms with van der Waals surface area (Å²) in [6.07, 6.45) is 5.94. The van der Waals surface area contributed by atoms with Gasteiger partial charge in [0.1, 0.15) is 0 Å². The normalized spacial score (nSPS) is 12.3. The van der Waals surface area contributed by atoms with Gasteiger partial charge in [-0.2, -0.15) is 0 Å². The number of aryl methyl sites for hydroxylation is 1. The molecule has 33 heavy (non-hydrogen) atoms. The number of allylic oxidation sites excluding steroid dienone is 2. The van der Waals surface area contributed by atoms with Crippen LogP contribution in [0.25, 0.3) is 12.2 Å². The minimum Gasteiger partial charge on any atom is -0.294 e. The molecule has 0 aliphatic rings. The zero-order chi connectivity index (χ0) is 23.6. The zero-order valence-corrected chi connectivity index (χ0v) is 18.3. The van der Waals surface area contributed by atoms with Crippen molar-refractivity contribution in [3.05, 3.63) is 129 Å². The van der Waals surface area contributed by atoms with Crippen LogP contribution in [0, 0.1) is 23.0 Å². The summed E-state index contributed by atoms with van der Waals surface area (Å²) in [6, 6.07) is 25.6. The molecule has 0 bridgehead atoms. The van der Waals surface area contributed by atoms with E-state index >= 15 is 0 Å². The lowest BCUT2D eigenvalue weighted by atomic mass is 9.79. The number of carbonyl (C=O) groups excluding carboxylic acids is 2. The predicted octanol–water partition coefficient (Wildman–Crippen LogP) is 5.54. The molecule has 0 unspecified atom stereocenters. The highest BCUT2D eigenvalue weighted by atomic mass is 16.6. The molecule has 0 spiro atoms. The fourth-order valence-electron chi connectivity index (χ4n) is 3.61. The third-order valence-electron chi connectivity index (χ3n) is 5.35. The lowest BCUT2D eigenvalue weighted by Crippen LogP contribution is -2.32. The second kappa shape index (κ2) is 11.5. The van der Waals surface area contributed by atoms with Crippen LogP contribution in [0.1, 0.15) is 28.2 Å². The lowest BCUT2D eigenvalue weighted by Gasteiger charge is -2.21. The molecule has 0 amide bonds. The van der Waals surface area contributed by atoms with Crippen molar-refractivity contribution in [2.75, 3.05) is 6.54 Å². The van der Waals surface area contributed by atoms with Crippen molar-refractivity contribution in [1.82, 2.24) is 0 Å². The summed E-state index contributed by atoms with van der Waals surface area (Å²) in [5.41, 5.74) is 3.18. The Kier molecular flexibility index (Phi) is 8.19. The van der Waals surface area contributed by atoms with E-state index in [-0.39, 0.29) is 0 Å². The summed E-state index contributed by atoms with van der Waals surface area (Å²) < 4.78 is 0. The highest BCUT2D eigenvalue weighted by Gasteiger charge is 2.36. The summed E-state index contributed by atoms with van der Waals surface area (Å²) in [5, 5.41) is 11.5. The average molecular weight is 440 g/mol. The van der Waals surface area contributed by atoms with Gasteiger partial charge < -0.3 is 0 Å². The second-order valence-corrected chi connectivity index (χ2v) is 7.80. The van der Waals surface area contributed by atoms with Crippen molar-refractivity contribution in [3.63, 3.8) is 0 Å². The first-order valence-corrected chi connectivity index (χ1v) is 10.7. The molecule has 0 heterocycles. The maximum absolute atomic E-state index is 13.3. The molecule has 0 N–H and O–H groups in total. The molecule has 0 fully saturated rings. The molecular weight excluding hydrogens is 414 g/mol. The van der Waals surface area contributed by atoms with Crippen molar-refractivity contribution in [2.45, 2.75) is 12.8 Å². The van der Waals surface area contributed by atoms with E-state index in [1.54, 1.807) is 24.3 Å². The molecule has 0 aliphatic heterocycles. The molecule has 0 saturated heterocycles. The van der Waals surface area contributed by atoms with Crippen LogP contribution in [0.4, 0.5) is 0 Å². The highest BCUT2D eigenvalue weighted by molar-refractivity contribution is 6.14. The van der Waals surface area contributed by atoms with Gasteiger partial charge in [-0.3, -0.25) is 19.7 Å². The smallest absolute Gasteiger partial charge is 0.211 e. The van der Waals surface area contributed by atoms with Gasteiger partial charge in [-0.15, -0.1) is 0 Å². The van der Waals surface area contributed by atoms with E-state index in [9.17, 15) is 19.7 Å². The molecule has 3 aromatic rings. The Balaban J connectivity index is 1.99. The van der Waals surface area contributed by atoms with Gasteiger partial charge in [0.15, 0.2) is 11.6 Å². The van der Waals surface area contributed by atoms with Crippen molar-refractivity contribution < 1.29 is 14.5 Å². The van der Waals surface area contributed by atoms with Crippen molar-refractivity contribution in [1.29, 1.82) is 0 Å². The first-order chi connectivity index (χ1) is 15.9. The molecule has 166 valence electrons. The number of rotatable bonds is 10. The van der Waals surface area contributed by atoms with Gasteiger partial charge in [0.25, 0.3) is 0 Å². The van der Waals surface area contributed by atoms with E-state index in [1.807, 2.05) is 79.7 Å². The van der Waals surface area contributed by atoms with E-state index < -0.39 is 34.9 Å². The Hall–Kier alpha value is -4.12. The average Bonchev–Trinajstić information content (AvgIpc) is 2.82. The number of nitro groups is 1. The number of nitrogens with zero attached hydrogens (tertiary/aromatic N) is 1. The van der Waals surface area contributed by atoms with Crippen LogP contribution in [0.2, 0.25) is 0 Å². The molecule has 3 aromatic carbocycles. The van der Waals surface area contributed by atoms with Crippen LogP contribution in [0.15, 0.2) is 97.1 Å². The van der Waals surface area contributed by atoms with Crippen LogP contribution < -0.4 is 0 Å². The highest BCUT2D eigenvalue weighted by Crippen LogP contribution is 2.29. The van der Waals surface area contributed by atoms with Crippen LogP contribution in [0.3, 0.4) is 0 Å². The lowest BCUT2D eigenvalue weighted by molar-refractivity contribution is -0.484. The Morgan fingerprint density at radius 1 is 0.788 bits per heavy atom. The van der Waals surface area contributed by atoms with E-state index in [0.717, 1.165) is 16.7 Å². The Morgan fingerprint density at radius 2 is 1.24 bits per heavy atom. The predicted molar refractivity (Wildman–Crippen MR) is 130 cm³/mol. The monoisotopic (exact) mass is 439 g/mol. The van der Waals surface area contributed by atoms with E-state index in [4.69, 9.17) is 0 Å². The maximum atomic E-state index is 13.3. The molecule has 3 rings (SSSR count). The second-order valence-electron chi connectivity index (χ2n) is 7.80. The SMILES string of the molecule is Cc1ccc([C@@H](C[N+](=O)[O-])C(C(=O)/C=C/c2ccccc2)C(=O)/C=C/c2ccccc2)cc1. The minimum absolute atomic E-state index is 0.464. The molecule has 0 saturated carbocycles. The maximum Gasteiger partial charge on any atom is 0.211 e. The summed E-state index contributed by atoms with van der Waals surface area (Å²) in [7, 11) is 0. The van der Waals surface area contributed by atoms with E-state index in [1.165, 1.54) is 12.2 Å². The first kappa shape index (κ1) is 23.5. The van der Waals surface area contributed by atoms with Crippen molar-refractivity contribution in [2.24, 2.45) is 5.92 Å². The molecule has 0 aromatic heterocycles. The van der Waals surface area contributed by atoms with Crippen molar-refractivity contribution in [3.8, 4) is 0 Å². The van der Waals surface area contributed by atoms with Crippen LogP contribution in [-0.4, -0.2) is 23.0 Å². The number of hydrogen-bond donors (Lipinski definition) is 0. The van der Waals surface area contributed by atoms with Crippen LogP contribution in [0.5, 0.6) is 0 Å². The summed E-state index contributed by atoms with van der Waals surface area (Å²) in [5.74, 6) is -3.03. The van der Waals surface area contributed by atoms with Gasteiger partial charge in [-0.25, -0.2) is 0 Å². The Labute approximate surface area is 193 Å². The van der Waals surface area contributed by atoms with Gasteiger partial charge >= 0.3 is 0 Å². The topological polar surface area (TPSA) is 77.3 Å². The number of hydrogen-bond acceptors (Lipinski definition) is 4. The standard InChI is InChI=1S/C28H25NO4/c1-21-12-16-24(17-13-21)25(20-29(32)33)28(26(30)18-14-22-8-4-2-5-9-22)27(31)19-15-23-10-6-3-7-11-23/h2-19,25,28H,20H2,1H3/b18-14+,19-15+/t25-/m1/s1. The molecule has 0 aliphatic carbocycles. The number of ketones is 2. The number of carbonyl (C=O) groups is 2. The largest absolute Gasteiger partial charge is 0.294 e. The van der Waals surface area contributed by atoms with Crippen molar-refractivity contribution >= 4 is 23.7 Å². The quantitative estimate of drug-likeness (QED) is 0.180. The molecular formula is C28H25NO4. The summed E-state index contributed by atoms with van der Waals surface area (Å²) in [4.78, 5) is 37.6. The molecule has 5 heteroatoms. The zero-order valence-electron chi connectivity index (χ0n) is 18.3. The molecule has 1 atom stereocenters. The first-order valence-electron chi connectivity index (χ1n) is 10.7. The molecule has 5 nitrogen and oxygen atoms in total.